The summed E-state index contributed by atoms with van der Waals surface area (Å²) in [5, 5.41) is 7.67. The molecule has 4 nitrogen and oxygen atoms in total. The quantitative estimate of drug-likeness (QED) is 0.195. The molecule has 0 aliphatic carbocycles. The lowest BCUT2D eigenvalue weighted by Gasteiger charge is -2.12. The van der Waals surface area contributed by atoms with Gasteiger partial charge in [0.15, 0.2) is 17.5 Å². The van der Waals surface area contributed by atoms with E-state index < -0.39 is 0 Å². The standard InChI is InChI=1S/C43H24N4S/c1-3-14-27(15-4-1)41-44-42(28-16-5-2-6-17-28)46-43(45-41)29-18-13-19-30(26-29)47-35-24-11-9-22-33(35)37-31-20-7-8-21-32(31)38-34-23-10-12-25-36(34)48-40(38)39(37)47/h1,3-5,7-26H. The van der Waals surface area contributed by atoms with E-state index in [9.17, 15) is 0 Å². The molecule has 0 saturated heterocycles. The van der Waals surface area contributed by atoms with Crippen molar-refractivity contribution in [1.29, 1.82) is 0 Å². The third-order valence-electron chi connectivity index (χ3n) is 9.10. The minimum atomic E-state index is 0.602. The van der Waals surface area contributed by atoms with Crippen LogP contribution in [0, 0.1) is 12.1 Å². The number of fused-ring (bicyclic) bond motifs is 10. The number of nitrogens with zero attached hydrogens (tertiary/aromatic N) is 4. The molecule has 0 aliphatic rings. The second kappa shape index (κ2) is 10.6. The predicted molar refractivity (Wildman–Crippen MR) is 199 cm³/mol. The lowest BCUT2D eigenvalue weighted by atomic mass is 9.99. The highest BCUT2D eigenvalue weighted by Gasteiger charge is 2.22. The van der Waals surface area contributed by atoms with Crippen LogP contribution in [0.15, 0.2) is 146 Å². The second-order valence-corrected chi connectivity index (χ2v) is 12.9. The molecule has 7 aromatic carbocycles. The molecule has 5 heteroatoms. The fraction of sp³-hybridized carbons (Fsp3) is 0. The first-order chi connectivity index (χ1) is 23.8. The number of para-hydroxylation sites is 1. The smallest absolute Gasteiger partial charge is 0.164 e. The molecule has 0 amide bonds. The zero-order chi connectivity index (χ0) is 31.6. The van der Waals surface area contributed by atoms with Gasteiger partial charge in [-0.2, -0.15) is 0 Å². The first-order valence-electron chi connectivity index (χ1n) is 15.9. The van der Waals surface area contributed by atoms with Gasteiger partial charge in [-0.3, -0.25) is 0 Å². The second-order valence-electron chi connectivity index (χ2n) is 11.9. The zero-order valence-corrected chi connectivity index (χ0v) is 26.4. The van der Waals surface area contributed by atoms with Gasteiger partial charge in [0, 0.05) is 48.6 Å². The minimum absolute atomic E-state index is 0.602. The van der Waals surface area contributed by atoms with Gasteiger partial charge >= 0.3 is 0 Å². The number of benzene rings is 6. The van der Waals surface area contributed by atoms with Crippen molar-refractivity contribution < 1.29 is 0 Å². The largest absolute Gasteiger partial charge is 0.308 e. The van der Waals surface area contributed by atoms with Gasteiger partial charge in [-0.15, -0.1) is 11.3 Å². The number of hydrogen-bond donors (Lipinski definition) is 0. The molecule has 0 bridgehead atoms. The Hall–Kier alpha value is -6.35. The molecule has 0 unspecified atom stereocenters. The number of rotatable bonds is 4. The normalized spacial score (nSPS) is 11.6. The molecular formula is C43H24N4S. The summed E-state index contributed by atoms with van der Waals surface area (Å²) in [7, 11) is 0. The molecule has 222 valence electrons. The van der Waals surface area contributed by atoms with Crippen molar-refractivity contribution in [3.05, 3.63) is 158 Å². The van der Waals surface area contributed by atoms with Gasteiger partial charge in [-0.25, -0.2) is 15.0 Å². The fourth-order valence-electron chi connectivity index (χ4n) is 7.02. The summed E-state index contributed by atoms with van der Waals surface area (Å²) in [5.41, 5.74) is 6.16. The van der Waals surface area contributed by atoms with E-state index in [1.165, 1.54) is 47.2 Å². The zero-order valence-electron chi connectivity index (χ0n) is 25.6. The van der Waals surface area contributed by atoms with Gasteiger partial charge in [0.1, 0.15) is 0 Å². The third-order valence-corrected chi connectivity index (χ3v) is 10.3. The Kier molecular flexibility index (Phi) is 5.92. The Labute approximate surface area is 280 Å². The Morgan fingerprint density at radius 3 is 1.94 bits per heavy atom. The van der Waals surface area contributed by atoms with E-state index >= 15 is 0 Å². The van der Waals surface area contributed by atoms with E-state index in [-0.39, 0.29) is 0 Å². The van der Waals surface area contributed by atoms with Gasteiger partial charge in [-0.1, -0.05) is 115 Å². The molecule has 3 heterocycles. The van der Waals surface area contributed by atoms with Crippen LogP contribution in [-0.2, 0) is 0 Å². The highest BCUT2D eigenvalue weighted by Crippen LogP contribution is 2.47. The molecule has 0 N–H and O–H groups in total. The van der Waals surface area contributed by atoms with Crippen LogP contribution in [0.4, 0.5) is 0 Å². The van der Waals surface area contributed by atoms with Crippen LogP contribution in [0.2, 0.25) is 0 Å². The summed E-state index contributed by atoms with van der Waals surface area (Å²) in [6.07, 6.45) is 0. The monoisotopic (exact) mass is 628 g/mol. The predicted octanol–water partition coefficient (Wildman–Crippen LogP) is 11.1. The first-order valence-corrected chi connectivity index (χ1v) is 16.7. The van der Waals surface area contributed by atoms with E-state index in [4.69, 9.17) is 15.0 Å². The van der Waals surface area contributed by atoms with E-state index in [1.807, 2.05) is 59.9 Å². The lowest BCUT2D eigenvalue weighted by molar-refractivity contribution is 1.07. The average molecular weight is 629 g/mol. The number of hydrogen-bond acceptors (Lipinski definition) is 4. The molecule has 10 rings (SSSR count). The topological polar surface area (TPSA) is 43.6 Å². The summed E-state index contributed by atoms with van der Waals surface area (Å²) in [6, 6.07) is 56.7. The van der Waals surface area contributed by atoms with Gasteiger partial charge in [0.2, 0.25) is 0 Å². The Morgan fingerprint density at radius 1 is 0.500 bits per heavy atom. The van der Waals surface area contributed by atoms with Gasteiger partial charge in [0.25, 0.3) is 0 Å². The van der Waals surface area contributed by atoms with Crippen molar-refractivity contribution in [2.45, 2.75) is 0 Å². The summed E-state index contributed by atoms with van der Waals surface area (Å²) in [4.78, 5) is 14.9. The Morgan fingerprint density at radius 2 is 1.15 bits per heavy atom. The Balaban J connectivity index is 1.28. The minimum Gasteiger partial charge on any atom is -0.308 e. The summed E-state index contributed by atoms with van der Waals surface area (Å²) in [5.74, 6) is 1.85. The van der Waals surface area contributed by atoms with Gasteiger partial charge in [0.05, 0.1) is 15.7 Å². The maximum absolute atomic E-state index is 5.02. The van der Waals surface area contributed by atoms with Crippen LogP contribution in [-0.4, -0.2) is 19.5 Å². The van der Waals surface area contributed by atoms with Crippen LogP contribution in [0.1, 0.15) is 0 Å². The van der Waals surface area contributed by atoms with Gasteiger partial charge in [-0.05, 0) is 53.2 Å². The highest BCUT2D eigenvalue weighted by molar-refractivity contribution is 7.27. The van der Waals surface area contributed by atoms with Crippen LogP contribution < -0.4 is 0 Å². The van der Waals surface area contributed by atoms with E-state index in [0.717, 1.165) is 27.9 Å². The lowest BCUT2D eigenvalue weighted by Crippen LogP contribution is -2.01. The summed E-state index contributed by atoms with van der Waals surface area (Å²) in [6.45, 7) is 0. The molecule has 0 atom stereocenters. The Bertz CT molecular complexity index is 2780. The summed E-state index contributed by atoms with van der Waals surface area (Å²) >= 11 is 1.87. The van der Waals surface area contributed by atoms with Crippen molar-refractivity contribution in [2.75, 3.05) is 0 Å². The number of aromatic nitrogens is 4. The maximum atomic E-state index is 5.02. The molecule has 0 aliphatic heterocycles. The molecule has 10 aromatic rings. The van der Waals surface area contributed by atoms with Crippen molar-refractivity contribution >= 4 is 64.1 Å². The molecular weight excluding hydrogens is 605 g/mol. The first kappa shape index (κ1) is 26.8. The van der Waals surface area contributed by atoms with E-state index in [2.05, 4.69) is 114 Å². The van der Waals surface area contributed by atoms with Crippen molar-refractivity contribution in [2.24, 2.45) is 0 Å². The van der Waals surface area contributed by atoms with Crippen LogP contribution in [0.5, 0.6) is 0 Å². The molecule has 0 radical (unpaired) electrons. The molecule has 0 spiro atoms. The van der Waals surface area contributed by atoms with Crippen molar-refractivity contribution in [1.82, 2.24) is 19.5 Å². The van der Waals surface area contributed by atoms with E-state index in [0.29, 0.717) is 17.5 Å². The number of thiophene rings is 1. The van der Waals surface area contributed by atoms with Crippen LogP contribution in [0.25, 0.3) is 92.6 Å². The SMILES string of the molecule is c1ccc(-c2nc(-c3ccccc3)nc(-c3cccc(-n4c5ccccc5c5c6ccccc6c6c7ccccc7sc6c54)c3)n2)cc#1. The van der Waals surface area contributed by atoms with E-state index in [1.54, 1.807) is 0 Å². The molecule has 0 saturated carbocycles. The van der Waals surface area contributed by atoms with Crippen molar-refractivity contribution in [3.8, 4) is 39.9 Å². The average Bonchev–Trinajstić information content (AvgIpc) is 3.73. The summed E-state index contributed by atoms with van der Waals surface area (Å²) < 4.78 is 5.01. The maximum Gasteiger partial charge on any atom is 0.164 e. The third kappa shape index (κ3) is 4.07. The fourth-order valence-corrected chi connectivity index (χ4v) is 8.27. The van der Waals surface area contributed by atoms with Crippen LogP contribution >= 0.6 is 11.3 Å². The highest BCUT2D eigenvalue weighted by atomic mass is 32.1. The molecule has 48 heavy (non-hydrogen) atoms. The van der Waals surface area contributed by atoms with Gasteiger partial charge < -0.3 is 4.57 Å². The molecule has 0 fully saturated rings. The molecule has 3 aromatic heterocycles. The van der Waals surface area contributed by atoms with Crippen LogP contribution in [0.3, 0.4) is 0 Å². The van der Waals surface area contributed by atoms with Crippen molar-refractivity contribution in [3.63, 3.8) is 0 Å².